The molecule has 0 fully saturated rings. The number of hydrogen-bond donors (Lipinski definition) is 1. The standard InChI is InChI=1S/C16H23N3O2/c1-11-17-13-7-6-12(15(20)21)8-14(13)19(11)10-16(2,3)9-18(4)5/h6-8H,9-10H2,1-5H3,(H,20,21). The van der Waals surface area contributed by atoms with Crippen molar-refractivity contribution in [1.82, 2.24) is 14.5 Å². The largest absolute Gasteiger partial charge is 0.478 e. The van der Waals surface area contributed by atoms with Gasteiger partial charge >= 0.3 is 5.97 Å². The second kappa shape index (κ2) is 5.48. The molecule has 0 radical (unpaired) electrons. The molecule has 114 valence electrons. The van der Waals surface area contributed by atoms with Crippen molar-refractivity contribution in [2.75, 3.05) is 20.6 Å². The van der Waals surface area contributed by atoms with Gasteiger partial charge in [-0.1, -0.05) is 13.8 Å². The predicted molar refractivity (Wildman–Crippen MR) is 83.8 cm³/mol. The predicted octanol–water partition coefficient (Wildman–Crippen LogP) is 2.63. The van der Waals surface area contributed by atoms with E-state index in [1.54, 1.807) is 18.2 Å². The SMILES string of the molecule is Cc1nc2ccc(C(=O)O)cc2n1CC(C)(C)CN(C)C. The highest BCUT2D eigenvalue weighted by Gasteiger charge is 2.22. The Balaban J connectivity index is 2.45. The number of carboxylic acids is 1. The lowest BCUT2D eigenvalue weighted by molar-refractivity contribution is 0.0697. The van der Waals surface area contributed by atoms with E-state index in [0.29, 0.717) is 5.56 Å². The summed E-state index contributed by atoms with van der Waals surface area (Å²) < 4.78 is 2.12. The van der Waals surface area contributed by atoms with Crippen molar-refractivity contribution in [3.05, 3.63) is 29.6 Å². The third-order valence-corrected chi connectivity index (χ3v) is 3.52. The number of aromatic nitrogens is 2. The van der Waals surface area contributed by atoms with E-state index in [0.717, 1.165) is 29.9 Å². The molecule has 2 aromatic rings. The molecule has 2 rings (SSSR count). The summed E-state index contributed by atoms with van der Waals surface area (Å²) in [6, 6.07) is 5.09. The average Bonchev–Trinajstić information content (AvgIpc) is 2.63. The number of imidazole rings is 1. The zero-order valence-electron chi connectivity index (χ0n) is 13.3. The first-order chi connectivity index (χ1) is 9.69. The molecule has 1 aromatic carbocycles. The van der Waals surface area contributed by atoms with Gasteiger partial charge in [-0.2, -0.15) is 0 Å². The number of rotatable bonds is 5. The minimum Gasteiger partial charge on any atom is -0.478 e. The summed E-state index contributed by atoms with van der Waals surface area (Å²) in [6.45, 7) is 8.13. The zero-order chi connectivity index (χ0) is 15.8. The van der Waals surface area contributed by atoms with Crippen molar-refractivity contribution in [2.24, 2.45) is 5.41 Å². The van der Waals surface area contributed by atoms with Gasteiger partial charge in [-0.25, -0.2) is 9.78 Å². The number of carboxylic acid groups (broad SMARTS) is 1. The van der Waals surface area contributed by atoms with Crippen LogP contribution in [0.1, 0.15) is 30.0 Å². The van der Waals surface area contributed by atoms with Gasteiger partial charge in [0.15, 0.2) is 0 Å². The number of nitrogens with zero attached hydrogens (tertiary/aromatic N) is 3. The Morgan fingerprint density at radius 2 is 2.05 bits per heavy atom. The maximum atomic E-state index is 11.2. The van der Waals surface area contributed by atoms with Crippen molar-refractivity contribution in [3.8, 4) is 0 Å². The molecule has 1 heterocycles. The Kier molecular flexibility index (Phi) is 4.05. The fourth-order valence-corrected chi connectivity index (χ4v) is 2.91. The van der Waals surface area contributed by atoms with Crippen LogP contribution in [0.5, 0.6) is 0 Å². The van der Waals surface area contributed by atoms with Gasteiger partial charge in [-0.3, -0.25) is 0 Å². The monoisotopic (exact) mass is 289 g/mol. The van der Waals surface area contributed by atoms with Crippen LogP contribution in [0.25, 0.3) is 11.0 Å². The first-order valence-electron chi connectivity index (χ1n) is 7.04. The molecule has 0 bridgehead atoms. The van der Waals surface area contributed by atoms with E-state index < -0.39 is 5.97 Å². The van der Waals surface area contributed by atoms with Crippen LogP contribution >= 0.6 is 0 Å². The average molecular weight is 289 g/mol. The summed E-state index contributed by atoms with van der Waals surface area (Å²) in [5.74, 6) is 0.00854. The summed E-state index contributed by atoms with van der Waals surface area (Å²) >= 11 is 0. The van der Waals surface area contributed by atoms with Gasteiger partial charge in [0.2, 0.25) is 0 Å². The third-order valence-electron chi connectivity index (χ3n) is 3.52. The van der Waals surface area contributed by atoms with Crippen LogP contribution in [-0.4, -0.2) is 46.2 Å². The number of fused-ring (bicyclic) bond motifs is 1. The van der Waals surface area contributed by atoms with Crippen molar-refractivity contribution < 1.29 is 9.90 Å². The van der Waals surface area contributed by atoms with E-state index in [9.17, 15) is 4.79 Å². The molecule has 0 aliphatic carbocycles. The van der Waals surface area contributed by atoms with Gasteiger partial charge in [0.05, 0.1) is 16.6 Å². The first kappa shape index (κ1) is 15.5. The molecule has 0 amide bonds. The molecule has 5 nitrogen and oxygen atoms in total. The van der Waals surface area contributed by atoms with Crippen LogP contribution in [0.4, 0.5) is 0 Å². The van der Waals surface area contributed by atoms with Crippen LogP contribution in [0, 0.1) is 12.3 Å². The summed E-state index contributed by atoms with van der Waals surface area (Å²) in [6.07, 6.45) is 0. The zero-order valence-corrected chi connectivity index (χ0v) is 13.3. The molecule has 0 atom stereocenters. The van der Waals surface area contributed by atoms with Gasteiger partial charge in [0, 0.05) is 13.1 Å². The molecule has 0 aliphatic rings. The van der Waals surface area contributed by atoms with Crippen LogP contribution in [0.3, 0.4) is 0 Å². The minimum absolute atomic E-state index is 0.0706. The Labute approximate surface area is 125 Å². The van der Waals surface area contributed by atoms with E-state index in [2.05, 4.69) is 42.4 Å². The second-order valence-electron chi connectivity index (χ2n) is 6.66. The Hall–Kier alpha value is -1.88. The Bertz CT molecular complexity index is 671. The number of aromatic carboxylic acids is 1. The molecule has 5 heteroatoms. The minimum atomic E-state index is -0.908. The van der Waals surface area contributed by atoms with Crippen LogP contribution in [0.15, 0.2) is 18.2 Å². The molecule has 21 heavy (non-hydrogen) atoms. The topological polar surface area (TPSA) is 58.4 Å². The van der Waals surface area contributed by atoms with Gasteiger partial charge in [-0.05, 0) is 44.6 Å². The highest BCUT2D eigenvalue weighted by atomic mass is 16.4. The third kappa shape index (κ3) is 3.42. The molecule has 0 saturated carbocycles. The van der Waals surface area contributed by atoms with E-state index in [-0.39, 0.29) is 5.41 Å². The molecule has 1 aromatic heterocycles. The summed E-state index contributed by atoms with van der Waals surface area (Å²) in [4.78, 5) is 17.9. The Morgan fingerprint density at radius 3 is 2.62 bits per heavy atom. The lowest BCUT2D eigenvalue weighted by Crippen LogP contribution is -2.32. The quantitative estimate of drug-likeness (QED) is 0.919. The number of hydrogen-bond acceptors (Lipinski definition) is 3. The highest BCUT2D eigenvalue weighted by Crippen LogP contribution is 2.25. The molecule has 0 saturated heterocycles. The van der Waals surface area contributed by atoms with Gasteiger partial charge < -0.3 is 14.6 Å². The van der Waals surface area contributed by atoms with E-state index >= 15 is 0 Å². The maximum Gasteiger partial charge on any atom is 0.335 e. The molecule has 0 spiro atoms. The van der Waals surface area contributed by atoms with E-state index in [1.165, 1.54) is 0 Å². The number of aryl methyl sites for hydroxylation is 1. The summed E-state index contributed by atoms with van der Waals surface area (Å²) in [5, 5.41) is 9.16. The molecule has 0 aliphatic heterocycles. The van der Waals surface area contributed by atoms with Crippen molar-refractivity contribution >= 4 is 17.0 Å². The number of carbonyl (C=O) groups is 1. The maximum absolute atomic E-state index is 11.2. The first-order valence-corrected chi connectivity index (χ1v) is 7.04. The lowest BCUT2D eigenvalue weighted by Gasteiger charge is -2.29. The Morgan fingerprint density at radius 1 is 1.38 bits per heavy atom. The van der Waals surface area contributed by atoms with Gasteiger partial charge in [0.25, 0.3) is 0 Å². The highest BCUT2D eigenvalue weighted by molar-refractivity contribution is 5.92. The smallest absolute Gasteiger partial charge is 0.335 e. The van der Waals surface area contributed by atoms with Crippen molar-refractivity contribution in [2.45, 2.75) is 27.3 Å². The van der Waals surface area contributed by atoms with Gasteiger partial charge in [-0.15, -0.1) is 0 Å². The summed E-state index contributed by atoms with van der Waals surface area (Å²) in [7, 11) is 4.12. The van der Waals surface area contributed by atoms with Gasteiger partial charge in [0.1, 0.15) is 5.82 Å². The molecular weight excluding hydrogens is 266 g/mol. The van der Waals surface area contributed by atoms with Crippen molar-refractivity contribution in [1.29, 1.82) is 0 Å². The van der Waals surface area contributed by atoms with Crippen molar-refractivity contribution in [3.63, 3.8) is 0 Å². The number of benzene rings is 1. The lowest BCUT2D eigenvalue weighted by atomic mass is 9.92. The molecule has 1 N–H and O–H groups in total. The fraction of sp³-hybridized carbons (Fsp3) is 0.500. The normalized spacial score (nSPS) is 12.3. The second-order valence-corrected chi connectivity index (χ2v) is 6.66. The summed E-state index contributed by atoms with van der Waals surface area (Å²) in [5.41, 5.74) is 2.10. The molecular formula is C16H23N3O2. The molecule has 0 unspecified atom stereocenters. The van der Waals surface area contributed by atoms with Crippen LogP contribution in [-0.2, 0) is 6.54 Å². The van der Waals surface area contributed by atoms with E-state index in [4.69, 9.17) is 5.11 Å². The van der Waals surface area contributed by atoms with Crippen LogP contribution in [0.2, 0.25) is 0 Å². The van der Waals surface area contributed by atoms with Crippen LogP contribution < -0.4 is 0 Å². The fourth-order valence-electron chi connectivity index (χ4n) is 2.91. The van der Waals surface area contributed by atoms with E-state index in [1.807, 2.05) is 6.92 Å².